The van der Waals surface area contributed by atoms with Crippen molar-refractivity contribution in [1.82, 2.24) is 0 Å². The van der Waals surface area contributed by atoms with Gasteiger partial charge in [-0.3, -0.25) is 14.5 Å². The minimum atomic E-state index is -0.742. The average molecular weight is 442 g/mol. The summed E-state index contributed by atoms with van der Waals surface area (Å²) in [5, 5.41) is 11.3. The largest absolute Gasteiger partial charge is 0.507 e. The molecule has 168 valence electrons. The first kappa shape index (κ1) is 22.3. The Labute approximate surface area is 193 Å². The first-order valence-electron chi connectivity index (χ1n) is 11.0. The highest BCUT2D eigenvalue weighted by molar-refractivity contribution is 6.51. The molecule has 1 heterocycles. The highest BCUT2D eigenvalue weighted by atomic mass is 16.5. The Bertz CT molecular complexity index is 1200. The van der Waals surface area contributed by atoms with E-state index < -0.39 is 17.7 Å². The van der Waals surface area contributed by atoms with Crippen LogP contribution in [0.4, 0.5) is 5.69 Å². The molecule has 0 radical (unpaired) electrons. The zero-order chi connectivity index (χ0) is 23.5. The second kappa shape index (κ2) is 9.33. The fraction of sp³-hybridized carbons (Fsp3) is 0.214. The molecule has 0 aliphatic carbocycles. The highest BCUT2D eigenvalue weighted by Gasteiger charge is 2.46. The van der Waals surface area contributed by atoms with Crippen molar-refractivity contribution in [2.24, 2.45) is 5.92 Å². The molecular formula is C28H27NO4. The Morgan fingerprint density at radius 1 is 0.970 bits per heavy atom. The maximum Gasteiger partial charge on any atom is 0.300 e. The standard InChI is InChI=1S/C28H27NO4/c1-18(2)17-33-23-11-7-10-21(16-23)26(30)24-25(20-8-5-4-6-9-20)29(28(32)27(24)31)22-14-12-19(3)13-15-22/h4-16,18,25,30H,17H2,1-3H3/b26-24-. The van der Waals surface area contributed by atoms with E-state index in [1.165, 1.54) is 4.90 Å². The number of Topliss-reactive ketones (excluding diaryl/α,β-unsaturated/α-hetero) is 1. The van der Waals surface area contributed by atoms with Crippen molar-refractivity contribution in [2.45, 2.75) is 26.8 Å². The third-order valence-corrected chi connectivity index (χ3v) is 5.56. The summed E-state index contributed by atoms with van der Waals surface area (Å²) in [5.41, 5.74) is 2.88. The Morgan fingerprint density at radius 3 is 2.33 bits per heavy atom. The Kier molecular flexibility index (Phi) is 6.31. The van der Waals surface area contributed by atoms with Gasteiger partial charge in [0.15, 0.2) is 0 Å². The normalized spacial score (nSPS) is 17.6. The van der Waals surface area contributed by atoms with E-state index in [0.717, 1.165) is 11.1 Å². The molecule has 0 spiro atoms. The molecular weight excluding hydrogens is 414 g/mol. The lowest BCUT2D eigenvalue weighted by molar-refractivity contribution is -0.132. The molecule has 1 aliphatic rings. The summed E-state index contributed by atoms with van der Waals surface area (Å²) in [4.78, 5) is 27.8. The lowest BCUT2D eigenvalue weighted by atomic mass is 9.95. The van der Waals surface area contributed by atoms with Crippen LogP contribution in [-0.4, -0.2) is 23.4 Å². The molecule has 1 amide bonds. The molecule has 0 saturated carbocycles. The van der Waals surface area contributed by atoms with E-state index in [1.807, 2.05) is 61.5 Å². The van der Waals surface area contributed by atoms with Gasteiger partial charge >= 0.3 is 0 Å². The van der Waals surface area contributed by atoms with Crippen LogP contribution in [0.5, 0.6) is 5.75 Å². The Hall–Kier alpha value is -3.86. The van der Waals surface area contributed by atoms with Crippen molar-refractivity contribution in [1.29, 1.82) is 0 Å². The quantitative estimate of drug-likeness (QED) is 0.305. The predicted molar refractivity (Wildman–Crippen MR) is 129 cm³/mol. The van der Waals surface area contributed by atoms with Gasteiger partial charge in [0.2, 0.25) is 0 Å². The number of aliphatic hydroxyl groups is 1. The maximum atomic E-state index is 13.2. The maximum absolute atomic E-state index is 13.2. The van der Waals surface area contributed by atoms with Crippen molar-refractivity contribution >= 4 is 23.1 Å². The molecule has 3 aromatic rings. The van der Waals surface area contributed by atoms with Crippen LogP contribution in [0.2, 0.25) is 0 Å². The van der Waals surface area contributed by atoms with Gasteiger partial charge in [-0.25, -0.2) is 0 Å². The molecule has 33 heavy (non-hydrogen) atoms. The van der Waals surface area contributed by atoms with E-state index in [9.17, 15) is 14.7 Å². The zero-order valence-electron chi connectivity index (χ0n) is 19.0. The zero-order valence-corrected chi connectivity index (χ0v) is 19.0. The molecule has 1 N–H and O–H groups in total. The number of amides is 1. The van der Waals surface area contributed by atoms with Gasteiger partial charge < -0.3 is 9.84 Å². The van der Waals surface area contributed by atoms with Gasteiger partial charge in [0, 0.05) is 11.3 Å². The van der Waals surface area contributed by atoms with Gasteiger partial charge in [-0.2, -0.15) is 0 Å². The minimum Gasteiger partial charge on any atom is -0.507 e. The minimum absolute atomic E-state index is 0.0628. The monoisotopic (exact) mass is 441 g/mol. The first-order valence-corrected chi connectivity index (χ1v) is 11.0. The second-order valence-electron chi connectivity index (χ2n) is 8.65. The number of carbonyl (C=O) groups excluding carboxylic acids is 2. The SMILES string of the molecule is Cc1ccc(N2C(=O)C(=O)/C(=C(\O)c3cccc(OCC(C)C)c3)C2c2ccccc2)cc1. The van der Waals surface area contributed by atoms with Crippen LogP contribution in [-0.2, 0) is 9.59 Å². The summed E-state index contributed by atoms with van der Waals surface area (Å²) in [6.07, 6.45) is 0. The predicted octanol–water partition coefficient (Wildman–Crippen LogP) is 5.66. The van der Waals surface area contributed by atoms with Gasteiger partial charge in [0.1, 0.15) is 11.5 Å². The summed E-state index contributed by atoms with van der Waals surface area (Å²) in [5.74, 6) is -0.652. The number of nitrogens with zero attached hydrogens (tertiary/aromatic N) is 1. The molecule has 3 aromatic carbocycles. The summed E-state index contributed by atoms with van der Waals surface area (Å²) in [7, 11) is 0. The van der Waals surface area contributed by atoms with E-state index in [2.05, 4.69) is 13.8 Å². The molecule has 1 atom stereocenters. The van der Waals surface area contributed by atoms with Crippen LogP contribution in [0.25, 0.3) is 5.76 Å². The number of ketones is 1. The van der Waals surface area contributed by atoms with Gasteiger partial charge in [-0.1, -0.05) is 74.0 Å². The molecule has 1 aliphatic heterocycles. The first-order chi connectivity index (χ1) is 15.9. The van der Waals surface area contributed by atoms with Gasteiger partial charge in [-0.05, 0) is 42.7 Å². The van der Waals surface area contributed by atoms with Crippen molar-refractivity contribution in [2.75, 3.05) is 11.5 Å². The number of anilines is 1. The van der Waals surface area contributed by atoms with E-state index >= 15 is 0 Å². The lowest BCUT2D eigenvalue weighted by Crippen LogP contribution is -2.29. The molecule has 5 heteroatoms. The van der Waals surface area contributed by atoms with Crippen LogP contribution < -0.4 is 9.64 Å². The number of hydrogen-bond acceptors (Lipinski definition) is 4. The lowest BCUT2D eigenvalue weighted by Gasteiger charge is -2.25. The second-order valence-corrected chi connectivity index (χ2v) is 8.65. The van der Waals surface area contributed by atoms with E-state index in [-0.39, 0.29) is 11.3 Å². The fourth-order valence-corrected chi connectivity index (χ4v) is 3.91. The Balaban J connectivity index is 1.84. The van der Waals surface area contributed by atoms with E-state index in [1.54, 1.807) is 24.3 Å². The summed E-state index contributed by atoms with van der Waals surface area (Å²) >= 11 is 0. The fourth-order valence-electron chi connectivity index (χ4n) is 3.91. The topological polar surface area (TPSA) is 66.8 Å². The molecule has 4 rings (SSSR count). The Morgan fingerprint density at radius 2 is 1.67 bits per heavy atom. The molecule has 1 saturated heterocycles. The molecule has 1 fully saturated rings. The van der Waals surface area contributed by atoms with Crippen LogP contribution in [0, 0.1) is 12.8 Å². The van der Waals surface area contributed by atoms with E-state index in [4.69, 9.17) is 4.74 Å². The number of ether oxygens (including phenoxy) is 1. The van der Waals surface area contributed by atoms with Gasteiger partial charge in [0.25, 0.3) is 11.7 Å². The van der Waals surface area contributed by atoms with Crippen LogP contribution in [0.3, 0.4) is 0 Å². The van der Waals surface area contributed by atoms with Crippen molar-refractivity contribution in [3.8, 4) is 5.75 Å². The third-order valence-electron chi connectivity index (χ3n) is 5.56. The average Bonchev–Trinajstić information content (AvgIpc) is 3.09. The summed E-state index contributed by atoms with van der Waals surface area (Å²) in [6, 6.07) is 22.9. The smallest absolute Gasteiger partial charge is 0.300 e. The molecule has 0 bridgehead atoms. The van der Waals surface area contributed by atoms with Gasteiger partial charge in [-0.15, -0.1) is 0 Å². The highest BCUT2D eigenvalue weighted by Crippen LogP contribution is 2.42. The number of rotatable bonds is 6. The van der Waals surface area contributed by atoms with Crippen molar-refractivity contribution in [3.05, 3.63) is 101 Å². The van der Waals surface area contributed by atoms with Crippen LogP contribution in [0.1, 0.15) is 36.6 Å². The van der Waals surface area contributed by atoms with Gasteiger partial charge in [0.05, 0.1) is 18.2 Å². The van der Waals surface area contributed by atoms with Crippen molar-refractivity contribution < 1.29 is 19.4 Å². The number of carbonyl (C=O) groups is 2. The molecule has 1 unspecified atom stereocenters. The third kappa shape index (κ3) is 4.53. The number of aryl methyl sites for hydroxylation is 1. The van der Waals surface area contributed by atoms with Crippen LogP contribution in [0.15, 0.2) is 84.4 Å². The molecule has 5 nitrogen and oxygen atoms in total. The summed E-state index contributed by atoms with van der Waals surface area (Å²) < 4.78 is 5.79. The molecule has 0 aromatic heterocycles. The number of hydrogen-bond donors (Lipinski definition) is 1. The number of aliphatic hydroxyl groups excluding tert-OH is 1. The summed E-state index contributed by atoms with van der Waals surface area (Å²) in [6.45, 7) is 6.60. The number of benzene rings is 3. The van der Waals surface area contributed by atoms with Crippen LogP contribution >= 0.6 is 0 Å². The van der Waals surface area contributed by atoms with Crippen molar-refractivity contribution in [3.63, 3.8) is 0 Å². The van der Waals surface area contributed by atoms with E-state index in [0.29, 0.717) is 29.5 Å².